The molecule has 0 unspecified atom stereocenters. The summed E-state index contributed by atoms with van der Waals surface area (Å²) in [7, 11) is 0. The highest BCUT2D eigenvalue weighted by molar-refractivity contribution is 5.78. The molecule has 0 radical (unpaired) electrons. The molecule has 0 saturated heterocycles. The van der Waals surface area contributed by atoms with E-state index in [1.165, 1.54) is 173 Å². The number of rotatable bonds is 20. The summed E-state index contributed by atoms with van der Waals surface area (Å²) >= 11 is 0. The molecule has 2 nitrogen and oxygen atoms in total. The van der Waals surface area contributed by atoms with Crippen LogP contribution < -0.4 is 0 Å². The fourth-order valence-electron chi connectivity index (χ4n) is 9.30. The van der Waals surface area contributed by atoms with Crippen molar-refractivity contribution in [1.29, 1.82) is 0 Å². The van der Waals surface area contributed by atoms with Gasteiger partial charge < -0.3 is 4.74 Å². The first kappa shape index (κ1) is 34.0. The average molecular weight is 559 g/mol. The molecule has 0 spiro atoms. The van der Waals surface area contributed by atoms with Crippen molar-refractivity contribution in [1.82, 2.24) is 0 Å². The highest BCUT2D eigenvalue weighted by atomic mass is 16.5. The molecule has 3 rings (SSSR count). The zero-order chi connectivity index (χ0) is 28.4. The van der Waals surface area contributed by atoms with Gasteiger partial charge in [0, 0.05) is 0 Å². The van der Waals surface area contributed by atoms with Crippen LogP contribution in [0, 0.1) is 22.7 Å². The fourth-order valence-corrected chi connectivity index (χ4v) is 9.30. The van der Waals surface area contributed by atoms with Crippen molar-refractivity contribution < 1.29 is 9.53 Å². The van der Waals surface area contributed by atoms with Gasteiger partial charge in [-0.2, -0.15) is 0 Å². The first-order valence-electron chi connectivity index (χ1n) is 18.8. The maximum atomic E-state index is 14.2. The van der Waals surface area contributed by atoms with Crippen molar-refractivity contribution in [2.45, 2.75) is 206 Å². The minimum atomic E-state index is -0.189. The van der Waals surface area contributed by atoms with Crippen LogP contribution in [0.25, 0.3) is 0 Å². The van der Waals surface area contributed by atoms with Crippen LogP contribution >= 0.6 is 0 Å². The summed E-state index contributed by atoms with van der Waals surface area (Å²) < 4.78 is 6.28. The number of hydrogen-bond acceptors (Lipinski definition) is 2. The van der Waals surface area contributed by atoms with Gasteiger partial charge in [0.05, 0.1) is 12.0 Å². The Morgan fingerprint density at radius 2 is 1.02 bits per heavy atom. The summed E-state index contributed by atoms with van der Waals surface area (Å²) in [5, 5.41) is 0. The van der Waals surface area contributed by atoms with E-state index < -0.39 is 0 Å². The Kier molecular flexibility index (Phi) is 16.7. The summed E-state index contributed by atoms with van der Waals surface area (Å²) in [5.41, 5.74) is 0.0174. The zero-order valence-corrected chi connectivity index (χ0v) is 27.4. The van der Waals surface area contributed by atoms with Crippen molar-refractivity contribution in [2.24, 2.45) is 22.7 Å². The third-order valence-corrected chi connectivity index (χ3v) is 11.9. The molecule has 0 aliphatic heterocycles. The van der Waals surface area contributed by atoms with E-state index >= 15 is 0 Å². The van der Waals surface area contributed by atoms with Crippen molar-refractivity contribution >= 4 is 5.97 Å². The van der Waals surface area contributed by atoms with E-state index in [2.05, 4.69) is 13.8 Å². The minimum Gasteiger partial charge on any atom is -0.465 e. The van der Waals surface area contributed by atoms with E-state index in [-0.39, 0.29) is 16.8 Å². The molecule has 0 aromatic heterocycles. The third-order valence-electron chi connectivity index (χ3n) is 11.9. The molecule has 3 fully saturated rings. The van der Waals surface area contributed by atoms with Gasteiger partial charge in [0.15, 0.2) is 0 Å². The van der Waals surface area contributed by atoms with Crippen LogP contribution in [0.1, 0.15) is 206 Å². The lowest BCUT2D eigenvalue weighted by atomic mass is 9.49. The van der Waals surface area contributed by atoms with Crippen molar-refractivity contribution in [3.63, 3.8) is 0 Å². The smallest absolute Gasteiger partial charge is 0.312 e. The Morgan fingerprint density at radius 3 is 1.60 bits per heavy atom. The van der Waals surface area contributed by atoms with Crippen LogP contribution in [-0.2, 0) is 9.53 Å². The Balaban J connectivity index is 1.59. The lowest BCUT2D eigenvalue weighted by Crippen LogP contribution is -2.52. The number of ether oxygens (including phenoxy) is 1. The van der Waals surface area contributed by atoms with E-state index in [1.807, 2.05) is 0 Å². The number of carbonyl (C=O) groups excluding carboxylic acids is 1. The highest BCUT2D eigenvalue weighted by Gasteiger charge is 2.57. The number of hydrogen-bond donors (Lipinski definition) is 0. The second-order valence-corrected chi connectivity index (χ2v) is 14.6. The van der Waals surface area contributed by atoms with Gasteiger partial charge in [-0.15, -0.1) is 0 Å². The SMILES string of the molecule is CCCCCCCCCCOC(=O)C1(C2(CCCCCCCCC)CCC(C3CCCCC3)CC2)CCCCC1. The van der Waals surface area contributed by atoms with Crippen LogP contribution in [0.15, 0.2) is 0 Å². The highest BCUT2D eigenvalue weighted by Crippen LogP contribution is 2.61. The van der Waals surface area contributed by atoms with Gasteiger partial charge in [-0.3, -0.25) is 4.79 Å². The average Bonchev–Trinajstić information content (AvgIpc) is 3.00. The van der Waals surface area contributed by atoms with Gasteiger partial charge in [-0.1, -0.05) is 155 Å². The number of esters is 1. The minimum absolute atomic E-state index is 0.189. The van der Waals surface area contributed by atoms with Crippen LogP contribution in [0.5, 0.6) is 0 Å². The molecule has 2 heteroatoms. The number of unbranched alkanes of at least 4 members (excludes halogenated alkanes) is 13. The molecule has 234 valence electrons. The fraction of sp³-hybridized carbons (Fsp3) is 0.974. The molecule has 0 amide bonds. The summed E-state index contributed by atoms with van der Waals surface area (Å²) in [6.45, 7) is 5.26. The molecule has 0 heterocycles. The van der Waals surface area contributed by atoms with Crippen LogP contribution in [-0.4, -0.2) is 12.6 Å². The Labute approximate surface area is 250 Å². The standard InChI is InChI=1S/C38H70O2/c1-3-5-7-9-11-13-15-23-33-40-36(39)38(29-21-17-22-30-38)37(28-20-14-12-10-8-6-4-2)31-26-35(27-32-37)34-24-18-16-19-25-34/h34-35H,3-33H2,1-2H3. The van der Waals surface area contributed by atoms with E-state index in [4.69, 9.17) is 4.74 Å². The first-order chi connectivity index (χ1) is 19.7. The Morgan fingerprint density at radius 1 is 0.550 bits per heavy atom. The molecule has 0 N–H and O–H groups in total. The largest absolute Gasteiger partial charge is 0.465 e. The zero-order valence-electron chi connectivity index (χ0n) is 27.4. The second kappa shape index (κ2) is 19.6. The molecule has 40 heavy (non-hydrogen) atoms. The summed E-state index contributed by atoms with van der Waals surface area (Å²) in [6.07, 6.45) is 39.9. The molecule has 3 aliphatic rings. The monoisotopic (exact) mass is 559 g/mol. The van der Waals surface area contributed by atoms with Gasteiger partial charge in [0.2, 0.25) is 0 Å². The maximum absolute atomic E-state index is 14.2. The predicted octanol–water partition coefficient (Wildman–Crippen LogP) is 12.5. The lowest BCUT2D eigenvalue weighted by molar-refractivity contribution is -0.175. The van der Waals surface area contributed by atoms with Crippen molar-refractivity contribution in [2.75, 3.05) is 6.61 Å². The molecule has 0 aromatic rings. The Hall–Kier alpha value is -0.530. The van der Waals surface area contributed by atoms with Crippen molar-refractivity contribution in [3.05, 3.63) is 0 Å². The summed E-state index contributed by atoms with van der Waals surface area (Å²) in [4.78, 5) is 14.2. The van der Waals surface area contributed by atoms with E-state index in [1.54, 1.807) is 0 Å². The quantitative estimate of drug-likeness (QED) is 0.110. The molecule has 0 bridgehead atoms. The molecular formula is C38H70O2. The second-order valence-electron chi connectivity index (χ2n) is 14.6. The van der Waals surface area contributed by atoms with Crippen LogP contribution in [0.2, 0.25) is 0 Å². The summed E-state index contributed by atoms with van der Waals surface area (Å²) in [6, 6.07) is 0. The van der Waals surface area contributed by atoms with E-state index in [0.29, 0.717) is 6.61 Å². The molecule has 0 aromatic carbocycles. The van der Waals surface area contributed by atoms with Gasteiger partial charge in [-0.25, -0.2) is 0 Å². The van der Waals surface area contributed by atoms with Crippen LogP contribution in [0.3, 0.4) is 0 Å². The normalized spacial score (nSPS) is 25.6. The Bertz CT molecular complexity index is 634. The van der Waals surface area contributed by atoms with Gasteiger partial charge in [-0.05, 0) is 68.6 Å². The van der Waals surface area contributed by atoms with Gasteiger partial charge in [0.25, 0.3) is 0 Å². The summed E-state index contributed by atoms with van der Waals surface area (Å²) in [5.74, 6) is 2.13. The van der Waals surface area contributed by atoms with Gasteiger partial charge >= 0.3 is 5.97 Å². The topological polar surface area (TPSA) is 26.3 Å². The van der Waals surface area contributed by atoms with E-state index in [0.717, 1.165) is 31.1 Å². The molecule has 0 atom stereocenters. The number of carbonyl (C=O) groups is 1. The first-order valence-corrected chi connectivity index (χ1v) is 18.8. The van der Waals surface area contributed by atoms with Crippen LogP contribution in [0.4, 0.5) is 0 Å². The third kappa shape index (κ3) is 10.3. The van der Waals surface area contributed by atoms with Gasteiger partial charge in [0.1, 0.15) is 0 Å². The molecule has 3 saturated carbocycles. The van der Waals surface area contributed by atoms with Crippen molar-refractivity contribution in [3.8, 4) is 0 Å². The maximum Gasteiger partial charge on any atom is 0.312 e. The van der Waals surface area contributed by atoms with E-state index in [9.17, 15) is 4.79 Å². The molecular weight excluding hydrogens is 488 g/mol. The molecule has 3 aliphatic carbocycles. The predicted molar refractivity (Wildman–Crippen MR) is 173 cm³/mol. The lowest BCUT2D eigenvalue weighted by Gasteiger charge is -2.55.